The Hall–Kier alpha value is -1.63. The Morgan fingerprint density at radius 3 is 2.48 bits per heavy atom. The quantitative estimate of drug-likeness (QED) is 0.641. The highest BCUT2D eigenvalue weighted by atomic mass is 16.7. The highest BCUT2D eigenvalue weighted by Crippen LogP contribution is 2.37. The fraction of sp³-hybridized carbons (Fsp3) is 0.471. The monoisotopic (exact) mass is 315 g/mol. The van der Waals surface area contributed by atoms with Crippen molar-refractivity contribution in [3.05, 3.63) is 30.5 Å². The van der Waals surface area contributed by atoms with E-state index >= 15 is 0 Å². The summed E-state index contributed by atoms with van der Waals surface area (Å²) < 4.78 is 22.9. The number of methoxy groups -OCH3 is 1. The van der Waals surface area contributed by atoms with Gasteiger partial charge in [-0.1, -0.05) is 6.07 Å². The summed E-state index contributed by atoms with van der Waals surface area (Å²) in [5, 5.41) is 0.978. The third-order valence-corrected chi connectivity index (χ3v) is 4.56. The zero-order valence-electron chi connectivity index (χ0n) is 14.3. The van der Waals surface area contributed by atoms with Gasteiger partial charge in [-0.2, -0.15) is 0 Å². The van der Waals surface area contributed by atoms with Gasteiger partial charge in [0.05, 0.1) is 16.7 Å². The van der Waals surface area contributed by atoms with Gasteiger partial charge in [-0.15, -0.1) is 0 Å². The maximum atomic E-state index is 6.17. The van der Waals surface area contributed by atoms with Gasteiger partial charge in [0.15, 0.2) is 6.79 Å². The van der Waals surface area contributed by atoms with E-state index in [1.165, 1.54) is 0 Å². The first kappa shape index (κ1) is 16.2. The van der Waals surface area contributed by atoms with Gasteiger partial charge in [0.1, 0.15) is 5.75 Å². The summed E-state index contributed by atoms with van der Waals surface area (Å²) in [6, 6.07) is 7.75. The number of ether oxygens (including phenoxy) is 2. The van der Waals surface area contributed by atoms with Gasteiger partial charge in [-0.3, -0.25) is 4.98 Å². The first-order valence-electron chi connectivity index (χ1n) is 7.70. The third-order valence-electron chi connectivity index (χ3n) is 4.56. The largest absolute Gasteiger partial charge is 0.497 e. The van der Waals surface area contributed by atoms with Crippen LogP contribution in [-0.4, -0.2) is 37.2 Å². The third kappa shape index (κ3) is 2.94. The van der Waals surface area contributed by atoms with Crippen LogP contribution < -0.4 is 10.2 Å². The Morgan fingerprint density at radius 2 is 1.83 bits per heavy atom. The summed E-state index contributed by atoms with van der Waals surface area (Å²) in [5.74, 6) is 0.706. The minimum Gasteiger partial charge on any atom is -0.468 e. The van der Waals surface area contributed by atoms with E-state index in [2.05, 4.69) is 4.98 Å². The Balaban J connectivity index is 2.06. The minimum absolute atomic E-state index is 0.189. The smallest absolute Gasteiger partial charge is 0.468 e. The van der Waals surface area contributed by atoms with Crippen LogP contribution in [0.5, 0.6) is 5.75 Å². The van der Waals surface area contributed by atoms with Crippen LogP contribution >= 0.6 is 0 Å². The molecule has 0 radical (unpaired) electrons. The van der Waals surface area contributed by atoms with Gasteiger partial charge < -0.3 is 18.8 Å². The number of rotatable bonds is 4. The molecule has 0 N–H and O–H groups in total. The van der Waals surface area contributed by atoms with Crippen molar-refractivity contribution in [1.82, 2.24) is 4.98 Å². The van der Waals surface area contributed by atoms with Crippen molar-refractivity contribution < 1.29 is 18.8 Å². The molecule has 3 rings (SSSR count). The van der Waals surface area contributed by atoms with E-state index in [9.17, 15) is 0 Å². The fourth-order valence-electron chi connectivity index (χ4n) is 2.55. The van der Waals surface area contributed by atoms with Crippen molar-refractivity contribution in [3.8, 4) is 5.75 Å². The van der Waals surface area contributed by atoms with Crippen LogP contribution in [-0.2, 0) is 14.0 Å². The Bertz CT molecular complexity index is 701. The molecule has 5 nitrogen and oxygen atoms in total. The number of pyridine rings is 1. The molecular weight excluding hydrogens is 293 g/mol. The first-order chi connectivity index (χ1) is 10.8. The van der Waals surface area contributed by atoms with Crippen molar-refractivity contribution in [2.24, 2.45) is 0 Å². The van der Waals surface area contributed by atoms with Crippen LogP contribution in [0.4, 0.5) is 0 Å². The molecule has 0 unspecified atom stereocenters. The molecule has 0 aliphatic carbocycles. The molecular formula is C17H22BNO4. The second-order valence-electron chi connectivity index (χ2n) is 6.73. The molecule has 23 heavy (non-hydrogen) atoms. The molecule has 0 spiro atoms. The summed E-state index contributed by atoms with van der Waals surface area (Å²) in [4.78, 5) is 4.50. The topological polar surface area (TPSA) is 49.8 Å². The van der Waals surface area contributed by atoms with Crippen LogP contribution in [0.2, 0.25) is 0 Å². The number of aromatic nitrogens is 1. The molecule has 2 aromatic rings. The Labute approximate surface area is 137 Å². The lowest BCUT2D eigenvalue weighted by Gasteiger charge is -2.32. The fourth-order valence-corrected chi connectivity index (χ4v) is 2.55. The van der Waals surface area contributed by atoms with Crippen LogP contribution in [0.25, 0.3) is 10.9 Å². The first-order valence-corrected chi connectivity index (χ1v) is 7.70. The normalized spacial score (nSPS) is 19.3. The van der Waals surface area contributed by atoms with Crippen molar-refractivity contribution in [3.63, 3.8) is 0 Å². The van der Waals surface area contributed by atoms with Gasteiger partial charge in [-0.25, -0.2) is 0 Å². The maximum absolute atomic E-state index is 6.17. The molecule has 1 aromatic heterocycles. The summed E-state index contributed by atoms with van der Waals surface area (Å²) in [6.07, 6.45) is 1.77. The van der Waals surface area contributed by atoms with E-state index in [1.807, 2.05) is 52.0 Å². The molecule has 1 aliphatic heterocycles. The molecule has 1 saturated heterocycles. The number of fused-ring (bicyclic) bond motifs is 1. The molecule has 6 heteroatoms. The van der Waals surface area contributed by atoms with Gasteiger partial charge >= 0.3 is 7.12 Å². The van der Waals surface area contributed by atoms with Crippen molar-refractivity contribution in [1.29, 1.82) is 0 Å². The second-order valence-corrected chi connectivity index (χ2v) is 6.73. The van der Waals surface area contributed by atoms with Gasteiger partial charge in [0.25, 0.3) is 0 Å². The van der Waals surface area contributed by atoms with E-state index in [0.29, 0.717) is 5.75 Å². The number of hydrogen-bond donors (Lipinski definition) is 0. The van der Waals surface area contributed by atoms with Crippen molar-refractivity contribution >= 4 is 23.5 Å². The number of nitrogens with zero attached hydrogens (tertiary/aromatic N) is 1. The van der Waals surface area contributed by atoms with E-state index < -0.39 is 18.3 Å². The SMILES string of the molecule is COCOc1cc(B2OC(C)(C)C(C)(C)O2)c2ncccc2c1. The van der Waals surface area contributed by atoms with E-state index in [1.54, 1.807) is 13.3 Å². The Morgan fingerprint density at radius 1 is 1.13 bits per heavy atom. The summed E-state index contributed by atoms with van der Waals surface area (Å²) in [7, 11) is 1.11. The molecule has 0 saturated carbocycles. The molecule has 1 fully saturated rings. The summed E-state index contributed by atoms with van der Waals surface area (Å²) in [5.41, 5.74) is 0.924. The standard InChI is InChI=1S/C17H22BNO4/c1-16(2)17(3,4)23-18(22-16)14-10-13(21-11-20-5)9-12-7-6-8-19-15(12)14/h6-10H,11H2,1-5H3. The zero-order chi connectivity index (χ0) is 16.7. The van der Waals surface area contributed by atoms with Crippen LogP contribution in [0.15, 0.2) is 30.5 Å². The van der Waals surface area contributed by atoms with E-state index in [4.69, 9.17) is 18.8 Å². The lowest BCUT2D eigenvalue weighted by atomic mass is 9.77. The van der Waals surface area contributed by atoms with Crippen LogP contribution in [0.3, 0.4) is 0 Å². The lowest BCUT2D eigenvalue weighted by Crippen LogP contribution is -2.41. The van der Waals surface area contributed by atoms with Gasteiger partial charge in [-0.05, 0) is 45.9 Å². The van der Waals surface area contributed by atoms with Crippen molar-refractivity contribution in [2.75, 3.05) is 13.9 Å². The van der Waals surface area contributed by atoms with Crippen LogP contribution in [0.1, 0.15) is 27.7 Å². The molecule has 1 aliphatic rings. The van der Waals surface area contributed by atoms with Crippen molar-refractivity contribution in [2.45, 2.75) is 38.9 Å². The summed E-state index contributed by atoms with van der Waals surface area (Å²) >= 11 is 0. The maximum Gasteiger partial charge on any atom is 0.497 e. The molecule has 0 bridgehead atoms. The minimum atomic E-state index is -0.483. The molecule has 122 valence electrons. The average Bonchev–Trinajstić information content (AvgIpc) is 2.72. The molecule has 1 aromatic carbocycles. The summed E-state index contributed by atoms with van der Waals surface area (Å²) in [6.45, 7) is 8.33. The van der Waals surface area contributed by atoms with Crippen LogP contribution in [0, 0.1) is 0 Å². The Kier molecular flexibility index (Phi) is 4.08. The second kappa shape index (κ2) is 5.78. The average molecular weight is 315 g/mol. The number of hydrogen-bond acceptors (Lipinski definition) is 5. The predicted octanol–water partition coefficient (Wildman–Crippen LogP) is 2.52. The molecule has 0 amide bonds. The zero-order valence-corrected chi connectivity index (χ0v) is 14.3. The lowest BCUT2D eigenvalue weighted by molar-refractivity contribution is 0.00578. The molecule has 0 atom stereocenters. The molecule has 2 heterocycles. The highest BCUT2D eigenvalue weighted by Gasteiger charge is 2.52. The van der Waals surface area contributed by atoms with Gasteiger partial charge in [0, 0.05) is 24.2 Å². The predicted molar refractivity (Wildman–Crippen MR) is 90.0 cm³/mol. The van der Waals surface area contributed by atoms with E-state index in [-0.39, 0.29) is 6.79 Å². The highest BCUT2D eigenvalue weighted by molar-refractivity contribution is 6.65. The van der Waals surface area contributed by atoms with E-state index in [0.717, 1.165) is 16.4 Å². The number of benzene rings is 1. The van der Waals surface area contributed by atoms with Gasteiger partial charge in [0.2, 0.25) is 0 Å².